The maximum Gasteiger partial charge on any atom is 0.573 e. The lowest BCUT2D eigenvalue weighted by Gasteiger charge is -2.10. The summed E-state index contributed by atoms with van der Waals surface area (Å²) in [6.45, 7) is 3.24. The van der Waals surface area contributed by atoms with Gasteiger partial charge in [0.15, 0.2) is 6.61 Å². The third-order valence-electron chi connectivity index (χ3n) is 4.06. The minimum atomic E-state index is -4.80. The van der Waals surface area contributed by atoms with Crippen molar-refractivity contribution in [2.75, 3.05) is 11.9 Å². The normalized spacial score (nSPS) is 11.1. The van der Waals surface area contributed by atoms with Crippen molar-refractivity contribution in [3.05, 3.63) is 71.5 Å². The number of hydrogen-bond donors (Lipinski definition) is 1. The SMILES string of the molecule is Cc1cc(C)n(-c2ccc(C(=O)OCC(=O)Nc3ccc(OC(F)(F)F)cc3)cc2)n1. The maximum atomic E-state index is 12.2. The second-order valence-corrected chi connectivity index (χ2v) is 6.58. The van der Waals surface area contributed by atoms with E-state index < -0.39 is 30.6 Å². The molecule has 0 bridgehead atoms. The van der Waals surface area contributed by atoms with Crippen molar-refractivity contribution < 1.29 is 32.2 Å². The van der Waals surface area contributed by atoms with Crippen LogP contribution in [-0.4, -0.2) is 34.6 Å². The van der Waals surface area contributed by atoms with Crippen molar-refractivity contribution in [3.63, 3.8) is 0 Å². The van der Waals surface area contributed by atoms with Crippen LogP contribution in [-0.2, 0) is 9.53 Å². The van der Waals surface area contributed by atoms with Crippen molar-refractivity contribution in [1.29, 1.82) is 0 Å². The first-order valence-electron chi connectivity index (χ1n) is 9.07. The molecule has 10 heteroatoms. The lowest BCUT2D eigenvalue weighted by atomic mass is 10.2. The summed E-state index contributed by atoms with van der Waals surface area (Å²) in [6.07, 6.45) is -4.80. The zero-order valence-corrected chi connectivity index (χ0v) is 16.6. The van der Waals surface area contributed by atoms with Crippen LogP contribution in [0.2, 0.25) is 0 Å². The number of anilines is 1. The standard InChI is InChI=1S/C21H18F3N3O4/c1-13-11-14(2)27(26-13)17-7-3-15(4-8-17)20(29)30-12-19(28)25-16-5-9-18(10-6-16)31-21(22,23)24/h3-11H,12H2,1-2H3,(H,25,28). The summed E-state index contributed by atoms with van der Waals surface area (Å²) >= 11 is 0. The van der Waals surface area contributed by atoms with Gasteiger partial charge in [-0.3, -0.25) is 4.79 Å². The Balaban J connectivity index is 1.52. The number of carbonyl (C=O) groups is 2. The predicted molar refractivity (Wildman–Crippen MR) is 105 cm³/mol. The Hall–Kier alpha value is -3.82. The number of esters is 1. The highest BCUT2D eigenvalue weighted by Crippen LogP contribution is 2.24. The Morgan fingerprint density at radius 3 is 2.23 bits per heavy atom. The number of hydrogen-bond acceptors (Lipinski definition) is 5. The van der Waals surface area contributed by atoms with Crippen LogP contribution in [0.5, 0.6) is 5.75 Å². The number of alkyl halides is 3. The molecular weight excluding hydrogens is 415 g/mol. The molecule has 1 aromatic heterocycles. The van der Waals surface area contributed by atoms with E-state index in [-0.39, 0.29) is 11.3 Å². The Kier molecular flexibility index (Phi) is 6.28. The molecule has 31 heavy (non-hydrogen) atoms. The van der Waals surface area contributed by atoms with Gasteiger partial charge in [0, 0.05) is 11.4 Å². The summed E-state index contributed by atoms with van der Waals surface area (Å²) in [5.41, 5.74) is 3.08. The molecule has 0 fully saturated rings. The monoisotopic (exact) mass is 433 g/mol. The van der Waals surface area contributed by atoms with Gasteiger partial charge in [-0.15, -0.1) is 13.2 Å². The molecule has 3 aromatic rings. The molecule has 0 spiro atoms. The van der Waals surface area contributed by atoms with E-state index in [0.717, 1.165) is 29.2 Å². The van der Waals surface area contributed by atoms with Crippen LogP contribution in [0.3, 0.4) is 0 Å². The smallest absolute Gasteiger partial charge is 0.452 e. The molecule has 1 amide bonds. The van der Waals surface area contributed by atoms with Gasteiger partial charge < -0.3 is 14.8 Å². The molecule has 0 aliphatic carbocycles. The van der Waals surface area contributed by atoms with Crippen molar-refractivity contribution in [2.45, 2.75) is 20.2 Å². The lowest BCUT2D eigenvalue weighted by Crippen LogP contribution is -2.21. The van der Waals surface area contributed by atoms with Gasteiger partial charge in [0.25, 0.3) is 5.91 Å². The second kappa shape index (κ2) is 8.90. The molecule has 0 aliphatic rings. The van der Waals surface area contributed by atoms with Crippen LogP contribution in [0.15, 0.2) is 54.6 Å². The van der Waals surface area contributed by atoms with Gasteiger partial charge in [0.2, 0.25) is 0 Å². The maximum absolute atomic E-state index is 12.2. The van der Waals surface area contributed by atoms with Crippen LogP contribution < -0.4 is 10.1 Å². The van der Waals surface area contributed by atoms with Crippen LogP contribution in [0.25, 0.3) is 5.69 Å². The number of rotatable bonds is 6. The van der Waals surface area contributed by atoms with E-state index >= 15 is 0 Å². The van der Waals surface area contributed by atoms with Crippen molar-refractivity contribution in [1.82, 2.24) is 9.78 Å². The minimum absolute atomic E-state index is 0.227. The van der Waals surface area contributed by atoms with E-state index in [1.165, 1.54) is 12.1 Å². The highest BCUT2D eigenvalue weighted by Gasteiger charge is 2.30. The number of aryl methyl sites for hydroxylation is 2. The number of carbonyl (C=O) groups excluding carboxylic acids is 2. The molecule has 0 unspecified atom stereocenters. The molecule has 3 rings (SSSR count). The lowest BCUT2D eigenvalue weighted by molar-refractivity contribution is -0.274. The Labute approximate surface area is 175 Å². The highest BCUT2D eigenvalue weighted by atomic mass is 19.4. The number of nitrogens with zero attached hydrogens (tertiary/aromatic N) is 2. The van der Waals surface area contributed by atoms with Gasteiger partial charge in [-0.25, -0.2) is 9.48 Å². The summed E-state index contributed by atoms with van der Waals surface area (Å²) in [5.74, 6) is -1.75. The summed E-state index contributed by atoms with van der Waals surface area (Å²) in [4.78, 5) is 24.1. The van der Waals surface area contributed by atoms with E-state index in [0.29, 0.717) is 0 Å². The van der Waals surface area contributed by atoms with Gasteiger partial charge in [-0.05, 0) is 68.4 Å². The summed E-state index contributed by atoms with van der Waals surface area (Å²) in [6, 6.07) is 13.0. The van der Waals surface area contributed by atoms with Crippen LogP contribution in [0.1, 0.15) is 21.7 Å². The third-order valence-corrected chi connectivity index (χ3v) is 4.06. The van der Waals surface area contributed by atoms with Crippen molar-refractivity contribution in [2.24, 2.45) is 0 Å². The molecule has 0 atom stereocenters. The fraction of sp³-hybridized carbons (Fsp3) is 0.190. The summed E-state index contributed by atoms with van der Waals surface area (Å²) in [5, 5.41) is 6.77. The molecule has 0 saturated heterocycles. The zero-order valence-electron chi connectivity index (χ0n) is 16.6. The topological polar surface area (TPSA) is 82.5 Å². The number of halogens is 3. The molecular formula is C21H18F3N3O4. The fourth-order valence-corrected chi connectivity index (χ4v) is 2.78. The first-order valence-corrected chi connectivity index (χ1v) is 9.07. The van der Waals surface area contributed by atoms with Gasteiger partial charge in [0.05, 0.1) is 16.9 Å². The molecule has 2 aromatic carbocycles. The number of ether oxygens (including phenoxy) is 2. The Morgan fingerprint density at radius 2 is 1.68 bits per heavy atom. The van der Waals surface area contributed by atoms with E-state index in [4.69, 9.17) is 4.74 Å². The molecule has 162 valence electrons. The number of aromatic nitrogens is 2. The van der Waals surface area contributed by atoms with Crippen molar-refractivity contribution in [3.8, 4) is 11.4 Å². The summed E-state index contributed by atoms with van der Waals surface area (Å²) < 4.78 is 46.9. The van der Waals surface area contributed by atoms with Crippen LogP contribution >= 0.6 is 0 Å². The van der Waals surface area contributed by atoms with Crippen LogP contribution in [0, 0.1) is 13.8 Å². The average molecular weight is 433 g/mol. The second-order valence-electron chi connectivity index (χ2n) is 6.58. The quantitative estimate of drug-likeness (QED) is 0.590. The van der Waals surface area contributed by atoms with Gasteiger partial charge >= 0.3 is 12.3 Å². The highest BCUT2D eigenvalue weighted by molar-refractivity contribution is 5.95. The number of amides is 1. The van der Waals surface area contributed by atoms with E-state index in [1.54, 1.807) is 28.9 Å². The number of benzene rings is 2. The predicted octanol–water partition coefficient (Wildman–Crippen LogP) is 4.18. The fourth-order valence-electron chi connectivity index (χ4n) is 2.78. The molecule has 0 aliphatic heterocycles. The molecule has 1 heterocycles. The van der Waals surface area contributed by atoms with Gasteiger partial charge in [-0.2, -0.15) is 5.10 Å². The first-order chi connectivity index (χ1) is 14.6. The number of nitrogens with one attached hydrogen (secondary N) is 1. The average Bonchev–Trinajstić information content (AvgIpc) is 3.04. The van der Waals surface area contributed by atoms with E-state index in [1.807, 2.05) is 19.9 Å². The van der Waals surface area contributed by atoms with Crippen molar-refractivity contribution >= 4 is 17.6 Å². The Morgan fingerprint density at radius 1 is 1.03 bits per heavy atom. The van der Waals surface area contributed by atoms with E-state index in [2.05, 4.69) is 15.2 Å². The summed E-state index contributed by atoms with van der Waals surface area (Å²) in [7, 11) is 0. The third kappa shape index (κ3) is 6.08. The zero-order chi connectivity index (χ0) is 22.6. The van der Waals surface area contributed by atoms with E-state index in [9.17, 15) is 22.8 Å². The minimum Gasteiger partial charge on any atom is -0.452 e. The molecule has 1 N–H and O–H groups in total. The van der Waals surface area contributed by atoms with Gasteiger partial charge in [-0.1, -0.05) is 0 Å². The largest absolute Gasteiger partial charge is 0.573 e. The molecule has 7 nitrogen and oxygen atoms in total. The molecule has 0 saturated carbocycles. The Bertz CT molecular complexity index is 1070. The first kappa shape index (κ1) is 21.9. The van der Waals surface area contributed by atoms with Crippen LogP contribution in [0.4, 0.5) is 18.9 Å². The van der Waals surface area contributed by atoms with Gasteiger partial charge in [0.1, 0.15) is 5.75 Å². The molecule has 0 radical (unpaired) electrons.